The number of ether oxygens (including phenoxy) is 1. The van der Waals surface area contributed by atoms with Crippen molar-refractivity contribution in [2.75, 3.05) is 13.2 Å². The van der Waals surface area contributed by atoms with Gasteiger partial charge >= 0.3 is 11.9 Å². The van der Waals surface area contributed by atoms with E-state index in [1.165, 1.54) is 11.1 Å². The van der Waals surface area contributed by atoms with E-state index in [9.17, 15) is 14.9 Å². The van der Waals surface area contributed by atoms with Crippen LogP contribution in [0.4, 0.5) is 10.6 Å². The molecule has 0 unspecified atom stereocenters. The highest BCUT2D eigenvalue weighted by atomic mass is 16.6. The molecule has 0 fully saturated rings. The molecule has 0 radical (unpaired) electrons. The Bertz CT molecular complexity index is 1040. The van der Waals surface area contributed by atoms with Crippen molar-refractivity contribution < 1.29 is 14.5 Å². The SMILES string of the molecule is O=C(NCC=Cc1ncc([N+](=O)[O-])[nH]1)OCC1c2ccccc2-c2ccccc21. The molecule has 0 aliphatic heterocycles. The summed E-state index contributed by atoms with van der Waals surface area (Å²) in [6, 6.07) is 16.3. The summed E-state index contributed by atoms with van der Waals surface area (Å²) in [5.74, 6) is 0.160. The average Bonchev–Trinajstić information content (AvgIpc) is 3.33. The molecule has 146 valence electrons. The third-order valence-corrected chi connectivity index (χ3v) is 4.76. The Labute approximate surface area is 166 Å². The second-order valence-electron chi connectivity index (χ2n) is 6.52. The van der Waals surface area contributed by atoms with Gasteiger partial charge in [0.2, 0.25) is 5.82 Å². The monoisotopic (exact) mass is 390 g/mol. The fourth-order valence-electron chi connectivity index (χ4n) is 3.47. The van der Waals surface area contributed by atoms with Crippen molar-refractivity contribution in [3.05, 3.63) is 87.9 Å². The molecule has 0 saturated heterocycles. The minimum atomic E-state index is -0.556. The lowest BCUT2D eigenvalue weighted by atomic mass is 9.98. The van der Waals surface area contributed by atoms with Crippen molar-refractivity contribution in [1.82, 2.24) is 15.3 Å². The number of hydrogen-bond donors (Lipinski definition) is 2. The van der Waals surface area contributed by atoms with Gasteiger partial charge in [0.1, 0.15) is 12.8 Å². The lowest BCUT2D eigenvalue weighted by molar-refractivity contribution is -0.389. The molecule has 1 aliphatic carbocycles. The van der Waals surface area contributed by atoms with Gasteiger partial charge in [0.15, 0.2) is 0 Å². The first-order valence-electron chi connectivity index (χ1n) is 9.08. The van der Waals surface area contributed by atoms with E-state index in [1.807, 2.05) is 24.3 Å². The van der Waals surface area contributed by atoms with Gasteiger partial charge < -0.3 is 20.2 Å². The number of nitrogens with zero attached hydrogens (tertiary/aromatic N) is 2. The third kappa shape index (κ3) is 3.86. The van der Waals surface area contributed by atoms with Crippen LogP contribution in [0.2, 0.25) is 0 Å². The zero-order valence-corrected chi connectivity index (χ0v) is 15.4. The zero-order valence-electron chi connectivity index (χ0n) is 15.4. The molecule has 8 nitrogen and oxygen atoms in total. The van der Waals surface area contributed by atoms with Crippen molar-refractivity contribution in [3.63, 3.8) is 0 Å². The van der Waals surface area contributed by atoms with Crippen LogP contribution in [-0.4, -0.2) is 34.1 Å². The smallest absolute Gasteiger partial charge is 0.407 e. The number of benzene rings is 2. The number of alkyl carbamates (subject to hydrolysis) is 1. The van der Waals surface area contributed by atoms with Gasteiger partial charge in [-0.05, 0) is 27.2 Å². The number of amides is 1. The number of hydrogen-bond acceptors (Lipinski definition) is 5. The Morgan fingerprint density at radius 3 is 2.45 bits per heavy atom. The summed E-state index contributed by atoms with van der Waals surface area (Å²) in [5.41, 5.74) is 4.65. The normalized spacial score (nSPS) is 12.6. The largest absolute Gasteiger partial charge is 0.449 e. The van der Waals surface area contributed by atoms with Crippen LogP contribution in [0, 0.1) is 10.1 Å². The van der Waals surface area contributed by atoms with Crippen molar-refractivity contribution >= 4 is 18.0 Å². The molecule has 3 aromatic rings. The molecule has 2 aromatic carbocycles. The number of imidazole rings is 1. The second-order valence-corrected chi connectivity index (χ2v) is 6.52. The van der Waals surface area contributed by atoms with E-state index in [-0.39, 0.29) is 24.9 Å². The van der Waals surface area contributed by atoms with Crippen LogP contribution in [-0.2, 0) is 4.74 Å². The fraction of sp³-hybridized carbons (Fsp3) is 0.143. The lowest BCUT2D eigenvalue weighted by Gasteiger charge is -2.14. The van der Waals surface area contributed by atoms with Gasteiger partial charge in [0, 0.05) is 18.5 Å². The van der Waals surface area contributed by atoms with Crippen LogP contribution < -0.4 is 5.32 Å². The van der Waals surface area contributed by atoms with Gasteiger partial charge in [-0.2, -0.15) is 0 Å². The van der Waals surface area contributed by atoms with Crippen LogP contribution in [0.1, 0.15) is 22.9 Å². The highest BCUT2D eigenvalue weighted by Gasteiger charge is 2.28. The first kappa shape index (κ1) is 18.4. The minimum absolute atomic E-state index is 0.00681. The molecule has 4 rings (SSSR count). The highest BCUT2D eigenvalue weighted by molar-refractivity contribution is 5.79. The number of carbonyl (C=O) groups excluding carboxylic acids is 1. The van der Waals surface area contributed by atoms with Crippen LogP contribution in [0.3, 0.4) is 0 Å². The highest BCUT2D eigenvalue weighted by Crippen LogP contribution is 2.44. The number of rotatable bonds is 6. The summed E-state index contributed by atoms with van der Waals surface area (Å²) in [7, 11) is 0. The van der Waals surface area contributed by atoms with Crippen LogP contribution in [0.15, 0.2) is 60.8 Å². The van der Waals surface area contributed by atoms with Crippen molar-refractivity contribution in [2.45, 2.75) is 5.92 Å². The maximum Gasteiger partial charge on any atom is 0.407 e. The third-order valence-electron chi connectivity index (χ3n) is 4.76. The van der Waals surface area contributed by atoms with Gasteiger partial charge in [0.25, 0.3) is 0 Å². The predicted octanol–water partition coefficient (Wildman–Crippen LogP) is 3.87. The van der Waals surface area contributed by atoms with E-state index in [0.717, 1.165) is 17.3 Å². The molecule has 1 heterocycles. The number of fused-ring (bicyclic) bond motifs is 3. The number of nitro groups is 1. The first-order chi connectivity index (χ1) is 14.1. The van der Waals surface area contributed by atoms with Crippen LogP contribution >= 0.6 is 0 Å². The molecular formula is C21H18N4O4. The zero-order chi connectivity index (χ0) is 20.2. The van der Waals surface area contributed by atoms with Gasteiger partial charge in [-0.25, -0.2) is 14.8 Å². The summed E-state index contributed by atoms with van der Waals surface area (Å²) in [5, 5.41) is 13.2. The molecule has 1 amide bonds. The summed E-state index contributed by atoms with van der Waals surface area (Å²) in [6.45, 7) is 0.457. The van der Waals surface area contributed by atoms with Crippen LogP contribution in [0.25, 0.3) is 17.2 Å². The standard InChI is InChI=1S/C21H18N4O4/c26-21(22-11-5-10-19-23-12-20(24-19)25(27)28)29-13-18-16-8-3-1-6-14(16)15-7-2-4-9-17(15)18/h1-10,12,18H,11,13H2,(H,22,26)(H,23,24). The molecule has 8 heteroatoms. The summed E-state index contributed by atoms with van der Waals surface area (Å²) in [6.07, 6.45) is 3.79. The maximum absolute atomic E-state index is 12.0. The number of H-pyrrole nitrogens is 1. The molecule has 1 aromatic heterocycles. The van der Waals surface area contributed by atoms with Crippen molar-refractivity contribution in [2.24, 2.45) is 0 Å². The van der Waals surface area contributed by atoms with Crippen molar-refractivity contribution in [3.8, 4) is 11.1 Å². The maximum atomic E-state index is 12.0. The molecule has 2 N–H and O–H groups in total. The number of aromatic amines is 1. The molecule has 0 spiro atoms. The van der Waals surface area contributed by atoms with Crippen LogP contribution in [0.5, 0.6) is 0 Å². The minimum Gasteiger partial charge on any atom is -0.449 e. The molecule has 0 bridgehead atoms. The molecule has 29 heavy (non-hydrogen) atoms. The van der Waals surface area contributed by atoms with Gasteiger partial charge in [-0.15, -0.1) is 0 Å². The number of aromatic nitrogens is 2. The Morgan fingerprint density at radius 1 is 1.17 bits per heavy atom. The Balaban J connectivity index is 1.32. The van der Waals surface area contributed by atoms with E-state index in [4.69, 9.17) is 4.74 Å². The van der Waals surface area contributed by atoms with Crippen molar-refractivity contribution in [1.29, 1.82) is 0 Å². The lowest BCUT2D eigenvalue weighted by Crippen LogP contribution is -2.26. The topological polar surface area (TPSA) is 110 Å². The molecular weight excluding hydrogens is 372 g/mol. The van der Waals surface area contributed by atoms with Gasteiger partial charge in [-0.3, -0.25) is 0 Å². The Morgan fingerprint density at radius 2 is 1.83 bits per heavy atom. The predicted molar refractivity (Wildman–Crippen MR) is 107 cm³/mol. The van der Waals surface area contributed by atoms with E-state index in [2.05, 4.69) is 39.6 Å². The van der Waals surface area contributed by atoms with E-state index in [0.29, 0.717) is 5.82 Å². The van der Waals surface area contributed by atoms with E-state index in [1.54, 1.807) is 12.2 Å². The summed E-state index contributed by atoms with van der Waals surface area (Å²) >= 11 is 0. The van der Waals surface area contributed by atoms with E-state index < -0.39 is 11.0 Å². The molecule has 0 atom stereocenters. The summed E-state index contributed by atoms with van der Waals surface area (Å²) < 4.78 is 5.43. The number of carbonyl (C=O) groups is 1. The first-order valence-corrected chi connectivity index (χ1v) is 9.08. The van der Waals surface area contributed by atoms with Gasteiger partial charge in [-0.1, -0.05) is 54.6 Å². The fourth-order valence-corrected chi connectivity index (χ4v) is 3.47. The quantitative estimate of drug-likeness (QED) is 0.490. The van der Waals surface area contributed by atoms with Gasteiger partial charge in [0.05, 0.1) is 0 Å². The molecule has 0 saturated carbocycles. The van der Waals surface area contributed by atoms with E-state index >= 15 is 0 Å². The molecule has 1 aliphatic rings. The second kappa shape index (κ2) is 7.97. The summed E-state index contributed by atoms with van der Waals surface area (Å²) in [4.78, 5) is 28.5. The Hall–Kier alpha value is -3.94. The number of nitrogens with one attached hydrogen (secondary N) is 2. The Kier molecular flexibility index (Phi) is 5.07. The average molecular weight is 390 g/mol.